The molecule has 1 saturated carbocycles. The maximum Gasteiger partial charge on any atom is 0.248 e. The lowest BCUT2D eigenvalue weighted by Crippen LogP contribution is -2.40. The third kappa shape index (κ3) is 5.00. The highest BCUT2D eigenvalue weighted by atomic mass is 32.2. The largest absolute Gasteiger partial charge is 0.367 e. The van der Waals surface area contributed by atoms with Crippen LogP contribution in [0, 0.1) is 6.92 Å². The van der Waals surface area contributed by atoms with Crippen LogP contribution in [0.15, 0.2) is 11.4 Å². The van der Waals surface area contributed by atoms with Crippen LogP contribution in [-0.4, -0.2) is 59.9 Å². The lowest BCUT2D eigenvalue weighted by atomic mass is 9.92. The Balaban J connectivity index is 1.60. The molecule has 0 radical (unpaired) electrons. The number of sulfone groups is 1. The third-order valence-electron chi connectivity index (χ3n) is 5.26. The Labute approximate surface area is 172 Å². The fourth-order valence-electron chi connectivity index (χ4n) is 3.56. The van der Waals surface area contributed by atoms with Gasteiger partial charge in [0.15, 0.2) is 20.7 Å². The molecule has 0 bridgehead atoms. The minimum atomic E-state index is -3.01. The van der Waals surface area contributed by atoms with Gasteiger partial charge in [0.25, 0.3) is 0 Å². The van der Waals surface area contributed by atoms with E-state index in [1.54, 1.807) is 6.07 Å². The van der Waals surface area contributed by atoms with E-state index in [2.05, 4.69) is 20.3 Å². The second-order valence-electron chi connectivity index (χ2n) is 7.64. The van der Waals surface area contributed by atoms with E-state index in [1.807, 2.05) is 17.2 Å². The van der Waals surface area contributed by atoms with Gasteiger partial charge in [0.05, 0.1) is 11.5 Å². The Morgan fingerprint density at radius 2 is 1.86 bits per heavy atom. The lowest BCUT2D eigenvalue weighted by molar-refractivity contribution is -0.0361. The second kappa shape index (κ2) is 7.75. The molecule has 2 aromatic rings. The average Bonchev–Trinajstić information content (AvgIpc) is 3.10. The standard InChI is InChI=1S/C18H23F2N5O2S2/c1-12-11-28-17(21-12)16-23-14(22-13-2-4-18(19,20)5-3-13)10-15(24-16)25-6-8-29(26,27)9-7-25/h10-11,13H,2-9H2,1H3,(H,22,23,24). The molecular formula is C18H23F2N5O2S2. The zero-order valence-electron chi connectivity index (χ0n) is 16.1. The van der Waals surface area contributed by atoms with Gasteiger partial charge in [0, 0.05) is 49.1 Å². The molecule has 7 nitrogen and oxygen atoms in total. The van der Waals surface area contributed by atoms with Crippen LogP contribution in [0.25, 0.3) is 10.8 Å². The van der Waals surface area contributed by atoms with Gasteiger partial charge in [0.2, 0.25) is 5.92 Å². The Morgan fingerprint density at radius 3 is 2.48 bits per heavy atom. The topological polar surface area (TPSA) is 88.1 Å². The second-order valence-corrected chi connectivity index (χ2v) is 10.8. The summed E-state index contributed by atoms with van der Waals surface area (Å²) in [6, 6.07) is 1.69. The first-order valence-corrected chi connectivity index (χ1v) is 12.3. The van der Waals surface area contributed by atoms with Crippen LogP contribution in [0.2, 0.25) is 0 Å². The van der Waals surface area contributed by atoms with E-state index in [1.165, 1.54) is 11.3 Å². The number of hydrogen-bond donors (Lipinski definition) is 1. The number of nitrogens with one attached hydrogen (secondary N) is 1. The van der Waals surface area contributed by atoms with Crippen LogP contribution in [0.5, 0.6) is 0 Å². The maximum absolute atomic E-state index is 13.5. The highest BCUT2D eigenvalue weighted by Gasteiger charge is 2.35. The van der Waals surface area contributed by atoms with Crippen molar-refractivity contribution >= 4 is 32.8 Å². The van der Waals surface area contributed by atoms with Crippen molar-refractivity contribution in [2.75, 3.05) is 34.8 Å². The Hall–Kier alpha value is -1.88. The average molecular weight is 444 g/mol. The molecule has 11 heteroatoms. The summed E-state index contributed by atoms with van der Waals surface area (Å²) < 4.78 is 50.4. The van der Waals surface area contributed by atoms with Crippen molar-refractivity contribution in [1.29, 1.82) is 0 Å². The highest BCUT2D eigenvalue weighted by Crippen LogP contribution is 2.34. The first-order chi connectivity index (χ1) is 13.7. The molecule has 2 fully saturated rings. The number of anilines is 2. The van der Waals surface area contributed by atoms with Crippen LogP contribution in [0.3, 0.4) is 0 Å². The molecule has 0 spiro atoms. The van der Waals surface area contributed by atoms with Crippen LogP contribution in [-0.2, 0) is 9.84 Å². The smallest absolute Gasteiger partial charge is 0.248 e. The third-order valence-corrected chi connectivity index (χ3v) is 7.83. The number of thiazole rings is 1. The fourth-order valence-corrected chi connectivity index (χ4v) is 5.49. The molecule has 2 aromatic heterocycles. The molecule has 4 rings (SSSR count). The van der Waals surface area contributed by atoms with Crippen molar-refractivity contribution in [3.05, 3.63) is 17.1 Å². The predicted molar refractivity (Wildman–Crippen MR) is 110 cm³/mol. The van der Waals surface area contributed by atoms with E-state index in [9.17, 15) is 17.2 Å². The summed E-state index contributed by atoms with van der Waals surface area (Å²) in [6.45, 7) is 2.62. The summed E-state index contributed by atoms with van der Waals surface area (Å²) in [5.41, 5.74) is 0.868. The van der Waals surface area contributed by atoms with Crippen LogP contribution < -0.4 is 10.2 Å². The van der Waals surface area contributed by atoms with Gasteiger partial charge in [-0.25, -0.2) is 32.2 Å². The summed E-state index contributed by atoms with van der Waals surface area (Å²) in [5.74, 6) is -0.773. The molecule has 3 heterocycles. The van der Waals surface area contributed by atoms with E-state index in [-0.39, 0.29) is 30.4 Å². The number of hydrogen-bond acceptors (Lipinski definition) is 8. The molecule has 158 valence electrons. The molecule has 1 aliphatic carbocycles. The first-order valence-electron chi connectivity index (χ1n) is 9.60. The minimum Gasteiger partial charge on any atom is -0.367 e. The molecule has 1 aliphatic heterocycles. The Bertz CT molecular complexity index is 972. The van der Waals surface area contributed by atoms with Crippen molar-refractivity contribution in [3.8, 4) is 10.8 Å². The number of halogens is 2. The number of aromatic nitrogens is 3. The van der Waals surface area contributed by atoms with Crippen molar-refractivity contribution in [1.82, 2.24) is 15.0 Å². The fraction of sp³-hybridized carbons (Fsp3) is 0.611. The zero-order chi connectivity index (χ0) is 20.6. The van der Waals surface area contributed by atoms with Gasteiger partial charge in [-0.3, -0.25) is 0 Å². The number of nitrogens with zero attached hydrogens (tertiary/aromatic N) is 4. The van der Waals surface area contributed by atoms with Crippen LogP contribution >= 0.6 is 11.3 Å². The molecule has 0 atom stereocenters. The summed E-state index contributed by atoms with van der Waals surface area (Å²) in [4.78, 5) is 15.5. The molecule has 0 unspecified atom stereocenters. The molecule has 0 amide bonds. The lowest BCUT2D eigenvalue weighted by Gasteiger charge is -2.30. The van der Waals surface area contributed by atoms with Crippen molar-refractivity contribution in [2.45, 2.75) is 44.6 Å². The molecule has 1 N–H and O–H groups in total. The summed E-state index contributed by atoms with van der Waals surface area (Å²) in [5, 5.41) is 5.86. The van der Waals surface area contributed by atoms with E-state index in [0.717, 1.165) is 5.69 Å². The van der Waals surface area contributed by atoms with Gasteiger partial charge in [0.1, 0.15) is 11.6 Å². The molecule has 2 aliphatic rings. The summed E-state index contributed by atoms with van der Waals surface area (Å²) in [6.07, 6.45) is 0.482. The highest BCUT2D eigenvalue weighted by molar-refractivity contribution is 7.91. The zero-order valence-corrected chi connectivity index (χ0v) is 17.7. The monoisotopic (exact) mass is 443 g/mol. The van der Waals surface area contributed by atoms with Gasteiger partial charge in [-0.05, 0) is 19.8 Å². The van der Waals surface area contributed by atoms with E-state index in [0.29, 0.717) is 48.4 Å². The summed E-state index contributed by atoms with van der Waals surface area (Å²) >= 11 is 1.43. The SMILES string of the molecule is Cc1csc(-c2nc(NC3CCC(F)(F)CC3)cc(N3CCS(=O)(=O)CC3)n2)n1. The van der Waals surface area contributed by atoms with Gasteiger partial charge in [-0.1, -0.05) is 0 Å². The molecule has 0 aromatic carbocycles. The maximum atomic E-state index is 13.5. The Morgan fingerprint density at radius 1 is 1.17 bits per heavy atom. The van der Waals surface area contributed by atoms with E-state index >= 15 is 0 Å². The van der Waals surface area contributed by atoms with E-state index in [4.69, 9.17) is 0 Å². The quantitative estimate of drug-likeness (QED) is 0.777. The molecule has 1 saturated heterocycles. The van der Waals surface area contributed by atoms with Crippen LogP contribution in [0.1, 0.15) is 31.4 Å². The van der Waals surface area contributed by atoms with Gasteiger partial charge < -0.3 is 10.2 Å². The van der Waals surface area contributed by atoms with Crippen molar-refractivity contribution < 1.29 is 17.2 Å². The van der Waals surface area contributed by atoms with Gasteiger partial charge >= 0.3 is 0 Å². The number of alkyl halides is 2. The predicted octanol–water partition coefficient (Wildman–Crippen LogP) is 3.13. The minimum absolute atomic E-state index is 0.0787. The van der Waals surface area contributed by atoms with E-state index < -0.39 is 15.8 Å². The van der Waals surface area contributed by atoms with Gasteiger partial charge in [-0.15, -0.1) is 11.3 Å². The summed E-state index contributed by atoms with van der Waals surface area (Å²) in [7, 11) is -3.01. The van der Waals surface area contributed by atoms with Gasteiger partial charge in [-0.2, -0.15) is 0 Å². The first kappa shape index (κ1) is 20.4. The molecular weight excluding hydrogens is 420 g/mol. The Kier molecular flexibility index (Phi) is 5.45. The van der Waals surface area contributed by atoms with Crippen molar-refractivity contribution in [2.24, 2.45) is 0 Å². The normalized spacial score (nSPS) is 21.8. The number of aryl methyl sites for hydroxylation is 1. The van der Waals surface area contributed by atoms with Crippen LogP contribution in [0.4, 0.5) is 20.4 Å². The molecule has 29 heavy (non-hydrogen) atoms. The number of rotatable bonds is 4. The van der Waals surface area contributed by atoms with Crippen molar-refractivity contribution in [3.63, 3.8) is 0 Å².